The maximum atomic E-state index is 12.6. The Morgan fingerprint density at radius 1 is 1.13 bits per heavy atom. The summed E-state index contributed by atoms with van der Waals surface area (Å²) in [5, 5.41) is 2.75. The number of anilines is 1. The Morgan fingerprint density at radius 3 is 2.58 bits per heavy atom. The highest BCUT2D eigenvalue weighted by Crippen LogP contribution is 2.33. The summed E-state index contributed by atoms with van der Waals surface area (Å²) in [5.41, 5.74) is 3.09. The SMILES string of the molecule is CC[C@H](C)c1ccccc1N1C[C@H](C(=O)OCC(=O)NCCc2ccccc2)CC1=O. The van der Waals surface area contributed by atoms with Crippen LogP contribution < -0.4 is 10.2 Å². The van der Waals surface area contributed by atoms with Crippen LogP contribution in [0.1, 0.15) is 43.7 Å². The fraction of sp³-hybridized carbons (Fsp3) is 0.400. The second-order valence-corrected chi connectivity index (χ2v) is 7.97. The standard InChI is InChI=1S/C25H30N2O4/c1-3-18(2)21-11-7-8-12-22(21)27-16-20(15-24(27)29)25(30)31-17-23(28)26-14-13-19-9-5-4-6-10-19/h4-12,18,20H,3,13-17H2,1-2H3,(H,26,28)/t18-,20+/m0/s1. The van der Waals surface area contributed by atoms with E-state index in [1.807, 2.05) is 54.6 Å². The summed E-state index contributed by atoms with van der Waals surface area (Å²) >= 11 is 0. The monoisotopic (exact) mass is 422 g/mol. The molecule has 0 saturated carbocycles. The van der Waals surface area contributed by atoms with Gasteiger partial charge in [-0.15, -0.1) is 0 Å². The summed E-state index contributed by atoms with van der Waals surface area (Å²) in [4.78, 5) is 38.7. The second kappa shape index (κ2) is 10.8. The number of hydrogen-bond acceptors (Lipinski definition) is 4. The molecule has 2 atom stereocenters. The predicted octanol–water partition coefficient (Wildman–Crippen LogP) is 3.46. The van der Waals surface area contributed by atoms with E-state index in [1.165, 1.54) is 0 Å². The molecule has 1 heterocycles. The van der Waals surface area contributed by atoms with Gasteiger partial charge in [0, 0.05) is 25.2 Å². The normalized spacial score (nSPS) is 16.8. The van der Waals surface area contributed by atoms with Crippen LogP contribution in [0.2, 0.25) is 0 Å². The molecule has 3 rings (SSSR count). The lowest BCUT2D eigenvalue weighted by molar-refractivity contribution is -0.152. The van der Waals surface area contributed by atoms with Crippen LogP contribution in [0.25, 0.3) is 0 Å². The zero-order valence-corrected chi connectivity index (χ0v) is 18.2. The smallest absolute Gasteiger partial charge is 0.311 e. The van der Waals surface area contributed by atoms with Gasteiger partial charge in [-0.3, -0.25) is 14.4 Å². The molecule has 0 radical (unpaired) electrons. The number of carbonyl (C=O) groups excluding carboxylic acids is 3. The third-order valence-electron chi connectivity index (χ3n) is 5.75. The second-order valence-electron chi connectivity index (χ2n) is 7.97. The molecule has 0 spiro atoms. The van der Waals surface area contributed by atoms with Gasteiger partial charge in [0.05, 0.1) is 5.92 Å². The van der Waals surface area contributed by atoms with Crippen LogP contribution in [0.4, 0.5) is 5.69 Å². The molecule has 0 aliphatic carbocycles. The van der Waals surface area contributed by atoms with Gasteiger partial charge in [0.15, 0.2) is 6.61 Å². The van der Waals surface area contributed by atoms with Crippen molar-refractivity contribution in [1.29, 1.82) is 0 Å². The maximum Gasteiger partial charge on any atom is 0.311 e. The highest BCUT2D eigenvalue weighted by atomic mass is 16.5. The lowest BCUT2D eigenvalue weighted by atomic mass is 9.96. The van der Waals surface area contributed by atoms with Crippen molar-refractivity contribution in [3.05, 3.63) is 65.7 Å². The van der Waals surface area contributed by atoms with E-state index in [1.54, 1.807) is 4.90 Å². The molecular weight excluding hydrogens is 392 g/mol. The molecule has 6 nitrogen and oxygen atoms in total. The van der Waals surface area contributed by atoms with E-state index in [9.17, 15) is 14.4 Å². The van der Waals surface area contributed by atoms with Crippen molar-refractivity contribution in [3.8, 4) is 0 Å². The Kier molecular flexibility index (Phi) is 7.82. The summed E-state index contributed by atoms with van der Waals surface area (Å²) in [6.07, 6.45) is 1.77. The van der Waals surface area contributed by atoms with Crippen LogP contribution in [-0.2, 0) is 25.5 Å². The minimum atomic E-state index is -0.561. The Balaban J connectivity index is 1.49. The third kappa shape index (κ3) is 5.94. The van der Waals surface area contributed by atoms with Crippen molar-refractivity contribution in [1.82, 2.24) is 5.32 Å². The van der Waals surface area contributed by atoms with Crippen molar-refractivity contribution >= 4 is 23.5 Å². The molecule has 0 unspecified atom stereocenters. The highest BCUT2D eigenvalue weighted by Gasteiger charge is 2.37. The minimum absolute atomic E-state index is 0.0926. The molecule has 2 amide bonds. The summed E-state index contributed by atoms with van der Waals surface area (Å²) in [6, 6.07) is 17.7. The molecule has 0 bridgehead atoms. The summed E-state index contributed by atoms with van der Waals surface area (Å²) in [7, 11) is 0. The zero-order valence-electron chi connectivity index (χ0n) is 18.2. The average Bonchev–Trinajstić information content (AvgIpc) is 3.19. The first-order chi connectivity index (χ1) is 15.0. The third-order valence-corrected chi connectivity index (χ3v) is 5.75. The van der Waals surface area contributed by atoms with Gasteiger partial charge >= 0.3 is 5.97 Å². The lowest BCUT2D eigenvalue weighted by Gasteiger charge is -2.23. The van der Waals surface area contributed by atoms with Crippen molar-refractivity contribution < 1.29 is 19.1 Å². The number of esters is 1. The van der Waals surface area contributed by atoms with Gasteiger partial charge in [-0.25, -0.2) is 0 Å². The number of para-hydroxylation sites is 1. The van der Waals surface area contributed by atoms with Gasteiger partial charge in [-0.1, -0.05) is 62.4 Å². The molecule has 31 heavy (non-hydrogen) atoms. The molecule has 1 aliphatic rings. The fourth-order valence-electron chi connectivity index (χ4n) is 3.76. The van der Waals surface area contributed by atoms with Crippen LogP contribution in [-0.4, -0.2) is 37.5 Å². The number of ether oxygens (including phenoxy) is 1. The number of carbonyl (C=O) groups is 3. The average molecular weight is 423 g/mol. The number of nitrogens with one attached hydrogen (secondary N) is 1. The van der Waals surface area contributed by atoms with Crippen LogP contribution in [0.5, 0.6) is 0 Å². The molecule has 2 aromatic carbocycles. The number of benzene rings is 2. The van der Waals surface area contributed by atoms with Gasteiger partial charge in [0.2, 0.25) is 5.91 Å². The van der Waals surface area contributed by atoms with E-state index in [4.69, 9.17) is 4.74 Å². The van der Waals surface area contributed by atoms with Crippen molar-refractivity contribution in [2.24, 2.45) is 5.92 Å². The lowest BCUT2D eigenvalue weighted by Crippen LogP contribution is -2.32. The summed E-state index contributed by atoms with van der Waals surface area (Å²) in [6.45, 7) is 4.66. The number of rotatable bonds is 9. The summed E-state index contributed by atoms with van der Waals surface area (Å²) < 4.78 is 5.19. The van der Waals surface area contributed by atoms with Crippen molar-refractivity contribution in [2.75, 3.05) is 24.6 Å². The summed E-state index contributed by atoms with van der Waals surface area (Å²) in [5.74, 6) is -1.18. The van der Waals surface area contributed by atoms with Crippen molar-refractivity contribution in [2.45, 2.75) is 39.0 Å². The van der Waals surface area contributed by atoms with Gasteiger partial charge in [-0.05, 0) is 36.0 Å². The van der Waals surface area contributed by atoms with E-state index in [2.05, 4.69) is 19.2 Å². The quantitative estimate of drug-likeness (QED) is 0.628. The van der Waals surface area contributed by atoms with Gasteiger partial charge < -0.3 is 15.0 Å². The molecule has 1 saturated heterocycles. The molecule has 6 heteroatoms. The first-order valence-electron chi connectivity index (χ1n) is 10.9. The van der Waals surface area contributed by atoms with Gasteiger partial charge in [0.25, 0.3) is 5.91 Å². The minimum Gasteiger partial charge on any atom is -0.455 e. The maximum absolute atomic E-state index is 12.6. The molecule has 1 N–H and O–H groups in total. The zero-order chi connectivity index (χ0) is 22.2. The number of hydrogen-bond donors (Lipinski definition) is 1. The van der Waals surface area contributed by atoms with E-state index in [0.29, 0.717) is 18.9 Å². The number of nitrogens with zero attached hydrogens (tertiary/aromatic N) is 1. The fourth-order valence-corrected chi connectivity index (χ4v) is 3.76. The molecule has 2 aromatic rings. The Labute approximate surface area is 183 Å². The first kappa shape index (κ1) is 22.5. The highest BCUT2D eigenvalue weighted by molar-refractivity contribution is 6.00. The van der Waals surface area contributed by atoms with E-state index < -0.39 is 11.9 Å². The van der Waals surface area contributed by atoms with Crippen LogP contribution in [0, 0.1) is 5.92 Å². The number of amides is 2. The Hall–Kier alpha value is -3.15. The molecule has 0 aromatic heterocycles. The molecule has 164 valence electrons. The van der Waals surface area contributed by atoms with Crippen LogP contribution >= 0.6 is 0 Å². The van der Waals surface area contributed by atoms with E-state index in [0.717, 1.165) is 23.2 Å². The van der Waals surface area contributed by atoms with Crippen LogP contribution in [0.15, 0.2) is 54.6 Å². The predicted molar refractivity (Wildman–Crippen MR) is 120 cm³/mol. The molecule has 1 aliphatic heterocycles. The van der Waals surface area contributed by atoms with Crippen LogP contribution in [0.3, 0.4) is 0 Å². The van der Waals surface area contributed by atoms with Gasteiger partial charge in [-0.2, -0.15) is 0 Å². The largest absolute Gasteiger partial charge is 0.455 e. The van der Waals surface area contributed by atoms with Crippen molar-refractivity contribution in [3.63, 3.8) is 0 Å². The topological polar surface area (TPSA) is 75.7 Å². The Bertz CT molecular complexity index is 913. The van der Waals surface area contributed by atoms with Gasteiger partial charge in [0.1, 0.15) is 0 Å². The molecular formula is C25H30N2O4. The van der Waals surface area contributed by atoms with E-state index in [-0.39, 0.29) is 31.4 Å². The first-order valence-corrected chi connectivity index (χ1v) is 10.9. The Morgan fingerprint density at radius 2 is 1.84 bits per heavy atom. The van der Waals surface area contributed by atoms with E-state index >= 15 is 0 Å². The molecule has 1 fully saturated rings.